The summed E-state index contributed by atoms with van der Waals surface area (Å²) in [6.07, 6.45) is 3.07. The molecule has 0 spiro atoms. The Morgan fingerprint density at radius 3 is 2.73 bits per heavy atom. The summed E-state index contributed by atoms with van der Waals surface area (Å²) in [6.45, 7) is 2.32. The summed E-state index contributed by atoms with van der Waals surface area (Å²) < 4.78 is 5.25. The zero-order valence-electron chi connectivity index (χ0n) is 8.88. The van der Waals surface area contributed by atoms with E-state index in [9.17, 15) is 4.79 Å². The second-order valence-electron chi connectivity index (χ2n) is 4.20. The molecule has 1 aliphatic carbocycles. The van der Waals surface area contributed by atoms with Crippen molar-refractivity contribution >= 4 is 5.91 Å². The lowest BCUT2D eigenvalue weighted by molar-refractivity contribution is 0.0807. The van der Waals surface area contributed by atoms with Crippen molar-refractivity contribution in [2.45, 2.75) is 31.7 Å². The molecule has 0 saturated heterocycles. The number of rotatable bonds is 3. The Hall–Kier alpha value is -1.29. The lowest BCUT2D eigenvalue weighted by Crippen LogP contribution is -2.58. The maximum atomic E-state index is 11.8. The van der Waals surface area contributed by atoms with Gasteiger partial charge in [0.2, 0.25) is 0 Å². The third kappa shape index (κ3) is 1.90. The highest BCUT2D eigenvalue weighted by Gasteiger charge is 2.37. The molecule has 2 rings (SSSR count). The number of hydrogen-bond donors (Lipinski definition) is 2. The second-order valence-corrected chi connectivity index (χ2v) is 4.20. The zero-order chi connectivity index (χ0) is 10.9. The van der Waals surface area contributed by atoms with Crippen LogP contribution in [0.1, 0.15) is 35.6 Å². The first-order valence-corrected chi connectivity index (χ1v) is 5.24. The molecule has 0 bridgehead atoms. The number of hydrogen-bond acceptors (Lipinski definition) is 3. The van der Waals surface area contributed by atoms with Gasteiger partial charge in [0.05, 0.1) is 5.54 Å². The maximum absolute atomic E-state index is 11.8. The van der Waals surface area contributed by atoms with Crippen LogP contribution in [0.3, 0.4) is 0 Å². The molecular formula is C11H16N2O2. The Morgan fingerprint density at radius 2 is 2.33 bits per heavy atom. The molecule has 3 N–H and O–H groups in total. The molecule has 4 heteroatoms. The molecule has 1 aromatic rings. The first-order valence-electron chi connectivity index (χ1n) is 5.24. The molecule has 0 aliphatic heterocycles. The van der Waals surface area contributed by atoms with Crippen LogP contribution >= 0.6 is 0 Å². The smallest absolute Gasteiger partial charge is 0.287 e. The Morgan fingerprint density at radius 1 is 1.60 bits per heavy atom. The van der Waals surface area contributed by atoms with Crippen LogP contribution in [-0.4, -0.2) is 18.0 Å². The predicted molar refractivity (Wildman–Crippen MR) is 56.5 cm³/mol. The van der Waals surface area contributed by atoms with Crippen molar-refractivity contribution in [3.8, 4) is 0 Å². The highest BCUT2D eigenvalue weighted by atomic mass is 16.3. The fraction of sp³-hybridized carbons (Fsp3) is 0.545. The molecule has 1 saturated carbocycles. The van der Waals surface area contributed by atoms with E-state index in [1.54, 1.807) is 12.1 Å². The quantitative estimate of drug-likeness (QED) is 0.784. The average Bonchev–Trinajstić information content (AvgIpc) is 2.58. The normalized spacial score (nSPS) is 18.3. The van der Waals surface area contributed by atoms with Gasteiger partial charge >= 0.3 is 0 Å². The summed E-state index contributed by atoms with van der Waals surface area (Å²) in [5.41, 5.74) is 5.47. The van der Waals surface area contributed by atoms with Gasteiger partial charge in [-0.25, -0.2) is 0 Å². The fourth-order valence-electron chi connectivity index (χ4n) is 1.84. The molecule has 1 heterocycles. The second kappa shape index (κ2) is 3.70. The van der Waals surface area contributed by atoms with Gasteiger partial charge in [-0.05, 0) is 38.3 Å². The van der Waals surface area contributed by atoms with E-state index in [-0.39, 0.29) is 11.4 Å². The van der Waals surface area contributed by atoms with Crippen LogP contribution in [0.5, 0.6) is 0 Å². The van der Waals surface area contributed by atoms with E-state index < -0.39 is 0 Å². The van der Waals surface area contributed by atoms with Crippen LogP contribution in [0, 0.1) is 6.92 Å². The fourth-order valence-corrected chi connectivity index (χ4v) is 1.84. The van der Waals surface area contributed by atoms with Crippen molar-refractivity contribution in [3.63, 3.8) is 0 Å². The summed E-state index contributed by atoms with van der Waals surface area (Å²) >= 11 is 0. The molecule has 1 fully saturated rings. The standard InChI is InChI=1S/C11H16N2O2/c1-8-3-4-9(15-8)10(14)13-11(7-12)5-2-6-11/h3-4H,2,5-7,12H2,1H3,(H,13,14). The SMILES string of the molecule is Cc1ccc(C(=O)NC2(CN)CCC2)o1. The minimum absolute atomic E-state index is 0.159. The molecule has 1 aromatic heterocycles. The van der Waals surface area contributed by atoms with Crippen LogP contribution in [0.2, 0.25) is 0 Å². The molecule has 1 amide bonds. The highest BCUT2D eigenvalue weighted by molar-refractivity contribution is 5.92. The van der Waals surface area contributed by atoms with Gasteiger partial charge in [-0.3, -0.25) is 4.79 Å². The summed E-state index contributed by atoms with van der Waals surface area (Å²) in [6, 6.07) is 3.47. The van der Waals surface area contributed by atoms with E-state index >= 15 is 0 Å². The molecule has 1 aliphatic rings. The lowest BCUT2D eigenvalue weighted by Gasteiger charge is -2.41. The van der Waals surface area contributed by atoms with E-state index in [2.05, 4.69) is 5.32 Å². The first kappa shape index (κ1) is 10.2. The number of carbonyl (C=O) groups is 1. The number of carbonyl (C=O) groups excluding carboxylic acids is 1. The molecule has 82 valence electrons. The zero-order valence-corrected chi connectivity index (χ0v) is 8.88. The van der Waals surface area contributed by atoms with Crippen molar-refractivity contribution in [1.29, 1.82) is 0 Å². The van der Waals surface area contributed by atoms with Crippen molar-refractivity contribution < 1.29 is 9.21 Å². The number of amides is 1. The van der Waals surface area contributed by atoms with Crippen LogP contribution in [0.4, 0.5) is 0 Å². The predicted octanol–water partition coefficient (Wildman–Crippen LogP) is 1.20. The topological polar surface area (TPSA) is 68.3 Å². The summed E-state index contributed by atoms with van der Waals surface area (Å²) in [5, 5.41) is 2.95. The molecule has 0 unspecified atom stereocenters. The number of nitrogens with one attached hydrogen (secondary N) is 1. The summed E-state index contributed by atoms with van der Waals surface area (Å²) in [5.74, 6) is 0.955. The average molecular weight is 208 g/mol. The Balaban J connectivity index is 2.03. The van der Waals surface area contributed by atoms with Crippen molar-refractivity contribution in [2.75, 3.05) is 6.54 Å². The first-order chi connectivity index (χ1) is 7.15. The monoisotopic (exact) mass is 208 g/mol. The molecule has 0 radical (unpaired) electrons. The van der Waals surface area contributed by atoms with E-state index in [1.807, 2.05) is 6.92 Å². The van der Waals surface area contributed by atoms with Gasteiger partial charge in [0.1, 0.15) is 5.76 Å². The number of furan rings is 1. The largest absolute Gasteiger partial charge is 0.456 e. The van der Waals surface area contributed by atoms with Gasteiger partial charge in [0.25, 0.3) is 5.91 Å². The van der Waals surface area contributed by atoms with E-state index in [0.29, 0.717) is 12.3 Å². The minimum Gasteiger partial charge on any atom is -0.456 e. The molecule has 0 aromatic carbocycles. The van der Waals surface area contributed by atoms with Crippen molar-refractivity contribution in [1.82, 2.24) is 5.32 Å². The maximum Gasteiger partial charge on any atom is 0.287 e. The number of nitrogens with two attached hydrogens (primary N) is 1. The number of aryl methyl sites for hydroxylation is 1. The van der Waals surface area contributed by atoms with Gasteiger partial charge in [0.15, 0.2) is 5.76 Å². The van der Waals surface area contributed by atoms with E-state index in [4.69, 9.17) is 10.2 Å². The summed E-state index contributed by atoms with van der Waals surface area (Å²) in [4.78, 5) is 11.8. The van der Waals surface area contributed by atoms with Gasteiger partial charge in [-0.2, -0.15) is 0 Å². The third-order valence-corrected chi connectivity index (χ3v) is 3.04. The minimum atomic E-state index is -0.183. The molecule has 0 atom stereocenters. The molecular weight excluding hydrogens is 192 g/mol. The van der Waals surface area contributed by atoms with Crippen LogP contribution in [0.25, 0.3) is 0 Å². The van der Waals surface area contributed by atoms with Gasteiger partial charge in [0, 0.05) is 6.54 Å². The van der Waals surface area contributed by atoms with Crippen LogP contribution in [0.15, 0.2) is 16.5 Å². The summed E-state index contributed by atoms with van der Waals surface area (Å²) in [7, 11) is 0. The van der Waals surface area contributed by atoms with Gasteiger partial charge in [-0.1, -0.05) is 0 Å². The molecule has 15 heavy (non-hydrogen) atoms. The Bertz CT molecular complexity index is 361. The third-order valence-electron chi connectivity index (χ3n) is 3.04. The van der Waals surface area contributed by atoms with E-state index in [0.717, 1.165) is 25.0 Å². The van der Waals surface area contributed by atoms with Gasteiger partial charge in [-0.15, -0.1) is 0 Å². The van der Waals surface area contributed by atoms with Crippen LogP contribution < -0.4 is 11.1 Å². The molecule has 4 nitrogen and oxygen atoms in total. The Labute approximate surface area is 88.8 Å². The van der Waals surface area contributed by atoms with Gasteiger partial charge < -0.3 is 15.5 Å². The lowest BCUT2D eigenvalue weighted by atomic mass is 9.77. The van der Waals surface area contributed by atoms with Crippen molar-refractivity contribution in [2.24, 2.45) is 5.73 Å². The van der Waals surface area contributed by atoms with Crippen LogP contribution in [-0.2, 0) is 0 Å². The van der Waals surface area contributed by atoms with E-state index in [1.165, 1.54) is 0 Å². The highest BCUT2D eigenvalue weighted by Crippen LogP contribution is 2.30. The van der Waals surface area contributed by atoms with Crippen molar-refractivity contribution in [3.05, 3.63) is 23.7 Å². The Kier molecular flexibility index (Phi) is 2.52.